The van der Waals surface area contributed by atoms with Gasteiger partial charge < -0.3 is 9.47 Å². The van der Waals surface area contributed by atoms with Gasteiger partial charge in [0, 0.05) is 37.1 Å². The van der Waals surface area contributed by atoms with E-state index in [0.29, 0.717) is 24.0 Å². The predicted octanol–water partition coefficient (Wildman–Crippen LogP) is 6.01. The normalized spacial score (nSPS) is 27.2. The van der Waals surface area contributed by atoms with E-state index >= 15 is 0 Å². The maximum absolute atomic E-state index is 14.4. The van der Waals surface area contributed by atoms with Crippen LogP contribution in [0.5, 0.6) is 0 Å². The number of aromatic nitrogens is 2. The van der Waals surface area contributed by atoms with E-state index in [2.05, 4.69) is 51.6 Å². The fourth-order valence-corrected chi connectivity index (χ4v) is 8.04. The van der Waals surface area contributed by atoms with Gasteiger partial charge in [-0.25, -0.2) is 9.37 Å². The zero-order chi connectivity index (χ0) is 25.9. The fraction of sp³-hybridized carbons (Fsp3) is 0.562. The number of benzene rings is 2. The van der Waals surface area contributed by atoms with Crippen LogP contribution in [0.1, 0.15) is 75.2 Å². The average molecular weight is 515 g/mol. The van der Waals surface area contributed by atoms with E-state index in [0.717, 1.165) is 68.6 Å². The summed E-state index contributed by atoms with van der Waals surface area (Å²) in [5.41, 5.74) is 3.43. The lowest BCUT2D eigenvalue weighted by Crippen LogP contribution is -2.49. The molecule has 1 saturated carbocycles. The Morgan fingerprint density at radius 1 is 0.974 bits per heavy atom. The second kappa shape index (κ2) is 9.48. The Labute approximate surface area is 225 Å². The Hall–Kier alpha value is -2.73. The molecule has 2 bridgehead atoms. The molecule has 1 aliphatic carbocycles. The number of hydrogen-bond acceptors (Lipinski definition) is 3. The molecule has 0 N–H and O–H groups in total. The van der Waals surface area contributed by atoms with Crippen molar-refractivity contribution in [3.8, 4) is 0 Å². The molecule has 4 aliphatic rings. The predicted molar refractivity (Wildman–Crippen MR) is 147 cm³/mol. The number of imidazole rings is 1. The van der Waals surface area contributed by atoms with Gasteiger partial charge in [0.05, 0.1) is 11.0 Å². The molecule has 5 nitrogen and oxygen atoms in total. The van der Waals surface area contributed by atoms with Crippen molar-refractivity contribution in [3.05, 3.63) is 65.7 Å². The second-order valence-electron chi connectivity index (χ2n) is 12.4. The molecule has 7 rings (SSSR count). The van der Waals surface area contributed by atoms with Crippen LogP contribution in [0.3, 0.4) is 0 Å². The van der Waals surface area contributed by atoms with E-state index < -0.39 is 0 Å². The van der Waals surface area contributed by atoms with Crippen LogP contribution in [0.4, 0.5) is 4.39 Å². The van der Waals surface area contributed by atoms with E-state index in [1.165, 1.54) is 31.2 Å². The van der Waals surface area contributed by atoms with Crippen molar-refractivity contribution in [2.45, 2.75) is 88.3 Å². The minimum Gasteiger partial charge on any atom is -0.342 e. The van der Waals surface area contributed by atoms with Gasteiger partial charge >= 0.3 is 0 Å². The number of halogens is 1. The van der Waals surface area contributed by atoms with Crippen LogP contribution in [0.2, 0.25) is 0 Å². The summed E-state index contributed by atoms with van der Waals surface area (Å²) in [5, 5.41) is 0. The molecule has 1 amide bonds. The molecule has 0 radical (unpaired) electrons. The molecular weight excluding hydrogens is 475 g/mol. The van der Waals surface area contributed by atoms with Gasteiger partial charge in [0.2, 0.25) is 5.91 Å². The fourth-order valence-electron chi connectivity index (χ4n) is 8.04. The molecule has 0 spiro atoms. The van der Waals surface area contributed by atoms with E-state index in [1.54, 1.807) is 12.1 Å². The number of rotatable bonds is 6. The van der Waals surface area contributed by atoms with Crippen molar-refractivity contribution in [1.29, 1.82) is 0 Å². The Morgan fingerprint density at radius 3 is 2.42 bits per heavy atom. The number of para-hydroxylation sites is 2. The first kappa shape index (κ1) is 24.3. The summed E-state index contributed by atoms with van der Waals surface area (Å²) >= 11 is 0. The van der Waals surface area contributed by atoms with Crippen LogP contribution in [0, 0.1) is 18.7 Å². The Bertz CT molecular complexity index is 1320. The summed E-state index contributed by atoms with van der Waals surface area (Å²) in [6.45, 7) is 4.80. The van der Waals surface area contributed by atoms with Crippen LogP contribution in [0.15, 0.2) is 48.5 Å². The van der Waals surface area contributed by atoms with E-state index in [1.807, 2.05) is 6.07 Å². The Morgan fingerprint density at radius 2 is 1.71 bits per heavy atom. The number of carbonyl (C=O) groups is 1. The molecule has 3 aliphatic heterocycles. The zero-order valence-electron chi connectivity index (χ0n) is 22.5. The lowest BCUT2D eigenvalue weighted by molar-refractivity contribution is -0.134. The standard InChI is InChI=1S/C32H39FN4O/c1-22-34-29-7-2-3-8-30(29)37(22)28-20-26-11-12-27(21-28)36(26)18-15-32(24-5-4-6-25(33)19-24)13-16-35(17-14-32)31(38)23-9-10-23/h2-8,19,23,26-28H,9-18,20-21H2,1H3/t26-,27+,28?. The molecule has 1 aromatic heterocycles. The average Bonchev–Trinajstić information content (AvgIpc) is 3.68. The number of carbonyl (C=O) groups excluding carboxylic acids is 1. The van der Waals surface area contributed by atoms with Gasteiger partial charge in [0.1, 0.15) is 11.6 Å². The largest absolute Gasteiger partial charge is 0.342 e. The lowest BCUT2D eigenvalue weighted by Gasteiger charge is -2.45. The number of nitrogens with zero attached hydrogens (tertiary/aromatic N) is 4. The highest BCUT2D eigenvalue weighted by atomic mass is 19.1. The molecule has 3 saturated heterocycles. The Balaban J connectivity index is 1.08. The highest BCUT2D eigenvalue weighted by Gasteiger charge is 2.45. The lowest BCUT2D eigenvalue weighted by atomic mass is 9.70. The van der Waals surface area contributed by atoms with Crippen molar-refractivity contribution < 1.29 is 9.18 Å². The molecule has 6 heteroatoms. The third kappa shape index (κ3) is 4.25. The number of amides is 1. The van der Waals surface area contributed by atoms with Crippen molar-refractivity contribution in [2.75, 3.05) is 19.6 Å². The summed E-state index contributed by atoms with van der Waals surface area (Å²) in [6.07, 6.45) is 9.89. The van der Waals surface area contributed by atoms with Gasteiger partial charge in [-0.1, -0.05) is 24.3 Å². The van der Waals surface area contributed by atoms with E-state index in [4.69, 9.17) is 4.98 Å². The molecule has 200 valence electrons. The third-order valence-corrected chi connectivity index (χ3v) is 10.2. The summed E-state index contributed by atoms with van der Waals surface area (Å²) < 4.78 is 16.9. The van der Waals surface area contributed by atoms with Gasteiger partial charge in [-0.3, -0.25) is 9.69 Å². The molecule has 38 heavy (non-hydrogen) atoms. The zero-order valence-corrected chi connectivity index (χ0v) is 22.5. The minimum atomic E-state index is -0.151. The number of fused-ring (bicyclic) bond motifs is 3. The van der Waals surface area contributed by atoms with Crippen LogP contribution in [-0.4, -0.2) is 57.0 Å². The van der Waals surface area contributed by atoms with E-state index in [-0.39, 0.29) is 17.2 Å². The summed E-state index contributed by atoms with van der Waals surface area (Å²) in [7, 11) is 0. The van der Waals surface area contributed by atoms with Gasteiger partial charge in [-0.15, -0.1) is 0 Å². The van der Waals surface area contributed by atoms with E-state index in [9.17, 15) is 9.18 Å². The summed E-state index contributed by atoms with van der Waals surface area (Å²) in [5.74, 6) is 1.59. The van der Waals surface area contributed by atoms with Gasteiger partial charge in [0.15, 0.2) is 0 Å². The quantitative estimate of drug-likeness (QED) is 0.404. The smallest absolute Gasteiger partial charge is 0.225 e. The first-order valence-electron chi connectivity index (χ1n) is 14.7. The van der Waals surface area contributed by atoms with Gasteiger partial charge in [0.25, 0.3) is 0 Å². The van der Waals surface area contributed by atoms with Crippen molar-refractivity contribution in [3.63, 3.8) is 0 Å². The monoisotopic (exact) mass is 514 g/mol. The molecule has 4 fully saturated rings. The maximum atomic E-state index is 14.4. The van der Waals surface area contributed by atoms with Crippen LogP contribution < -0.4 is 0 Å². The maximum Gasteiger partial charge on any atom is 0.225 e. The Kier molecular flexibility index (Phi) is 6.06. The van der Waals surface area contributed by atoms with Crippen LogP contribution >= 0.6 is 0 Å². The molecule has 4 heterocycles. The minimum absolute atomic E-state index is 0.0597. The first-order valence-corrected chi connectivity index (χ1v) is 14.7. The number of hydrogen-bond donors (Lipinski definition) is 0. The number of piperidine rings is 2. The first-order chi connectivity index (χ1) is 18.5. The third-order valence-electron chi connectivity index (χ3n) is 10.2. The summed E-state index contributed by atoms with van der Waals surface area (Å²) in [4.78, 5) is 22.5. The highest BCUT2D eigenvalue weighted by Crippen LogP contribution is 2.45. The summed E-state index contributed by atoms with van der Waals surface area (Å²) in [6, 6.07) is 17.5. The van der Waals surface area contributed by atoms with Crippen molar-refractivity contribution in [1.82, 2.24) is 19.4 Å². The highest BCUT2D eigenvalue weighted by molar-refractivity contribution is 5.81. The molecule has 1 unspecified atom stereocenters. The van der Waals surface area contributed by atoms with Crippen LogP contribution in [-0.2, 0) is 10.2 Å². The second-order valence-corrected chi connectivity index (χ2v) is 12.4. The van der Waals surface area contributed by atoms with Gasteiger partial charge in [-0.2, -0.15) is 0 Å². The van der Waals surface area contributed by atoms with Crippen molar-refractivity contribution >= 4 is 16.9 Å². The topological polar surface area (TPSA) is 41.4 Å². The molecule has 2 aromatic carbocycles. The SMILES string of the molecule is Cc1nc2ccccc2n1C1C[C@H]2CC[C@@H](C1)N2CCC1(c2cccc(F)c2)CCN(C(=O)C2CC2)CC1. The number of likely N-dealkylation sites (tertiary alicyclic amines) is 1. The molecule has 3 atom stereocenters. The number of aryl methyl sites for hydroxylation is 1. The molecular formula is C32H39FN4O. The molecule has 3 aromatic rings. The van der Waals surface area contributed by atoms with Crippen LogP contribution in [0.25, 0.3) is 11.0 Å². The van der Waals surface area contributed by atoms with Crippen molar-refractivity contribution in [2.24, 2.45) is 5.92 Å². The van der Waals surface area contributed by atoms with Gasteiger partial charge in [-0.05, 0) is 106 Å².